The normalized spacial score (nSPS) is 24.7. The summed E-state index contributed by atoms with van der Waals surface area (Å²) in [6.07, 6.45) is 2.38. The average Bonchev–Trinajstić information content (AvgIpc) is 2.68. The fraction of sp³-hybridized carbons (Fsp3) is 0.615. The summed E-state index contributed by atoms with van der Waals surface area (Å²) in [6, 6.07) is 3.83. The van der Waals surface area contributed by atoms with Crippen LogP contribution in [0.2, 0.25) is 0 Å². The third kappa shape index (κ3) is 2.69. The molecule has 0 aromatic carbocycles. The molecular formula is C13H19NO3. The molecular weight excluding hydrogens is 218 g/mol. The van der Waals surface area contributed by atoms with Crippen molar-refractivity contribution in [3.05, 3.63) is 24.2 Å². The van der Waals surface area contributed by atoms with E-state index in [-0.39, 0.29) is 11.3 Å². The van der Waals surface area contributed by atoms with Crippen LogP contribution < -0.4 is 0 Å². The van der Waals surface area contributed by atoms with Gasteiger partial charge in [-0.15, -0.1) is 0 Å². The Hall–Kier alpha value is -1.29. The van der Waals surface area contributed by atoms with Gasteiger partial charge < -0.3 is 9.52 Å². The van der Waals surface area contributed by atoms with E-state index in [1.54, 1.807) is 6.26 Å². The molecule has 0 saturated carbocycles. The molecule has 4 nitrogen and oxygen atoms in total. The molecule has 1 atom stereocenters. The SMILES string of the molecule is CC1(C)CN(Cc2ccco2)CCC1C(=O)O. The molecule has 0 amide bonds. The molecule has 1 aromatic rings. The molecule has 0 bridgehead atoms. The molecule has 17 heavy (non-hydrogen) atoms. The fourth-order valence-electron chi connectivity index (χ4n) is 2.68. The van der Waals surface area contributed by atoms with Gasteiger partial charge in [-0.1, -0.05) is 13.8 Å². The van der Waals surface area contributed by atoms with E-state index in [1.165, 1.54) is 0 Å². The summed E-state index contributed by atoms with van der Waals surface area (Å²) in [5, 5.41) is 9.18. The molecule has 1 aromatic heterocycles. The maximum atomic E-state index is 11.2. The van der Waals surface area contributed by atoms with E-state index in [0.29, 0.717) is 6.42 Å². The Balaban J connectivity index is 1.99. The zero-order valence-corrected chi connectivity index (χ0v) is 10.3. The third-order valence-corrected chi connectivity index (χ3v) is 3.57. The van der Waals surface area contributed by atoms with Crippen molar-refractivity contribution < 1.29 is 14.3 Å². The van der Waals surface area contributed by atoms with Crippen LogP contribution >= 0.6 is 0 Å². The topological polar surface area (TPSA) is 53.7 Å². The first-order valence-electron chi connectivity index (χ1n) is 5.96. The van der Waals surface area contributed by atoms with Crippen LogP contribution in [0.4, 0.5) is 0 Å². The van der Waals surface area contributed by atoms with Gasteiger partial charge in [-0.3, -0.25) is 9.69 Å². The van der Waals surface area contributed by atoms with Gasteiger partial charge in [0.2, 0.25) is 0 Å². The van der Waals surface area contributed by atoms with Gasteiger partial charge in [0.1, 0.15) is 5.76 Å². The van der Waals surface area contributed by atoms with Crippen LogP contribution in [0.1, 0.15) is 26.0 Å². The number of nitrogens with zero attached hydrogens (tertiary/aromatic N) is 1. The average molecular weight is 237 g/mol. The summed E-state index contributed by atoms with van der Waals surface area (Å²) in [7, 11) is 0. The van der Waals surface area contributed by atoms with Crippen molar-refractivity contribution in [2.45, 2.75) is 26.8 Å². The van der Waals surface area contributed by atoms with E-state index < -0.39 is 5.97 Å². The molecule has 1 N–H and O–H groups in total. The van der Waals surface area contributed by atoms with Crippen molar-refractivity contribution in [2.24, 2.45) is 11.3 Å². The van der Waals surface area contributed by atoms with Gasteiger partial charge >= 0.3 is 5.97 Å². The first-order chi connectivity index (χ1) is 7.99. The summed E-state index contributed by atoms with van der Waals surface area (Å²) in [4.78, 5) is 13.4. The van der Waals surface area contributed by atoms with Crippen molar-refractivity contribution in [1.29, 1.82) is 0 Å². The minimum absolute atomic E-state index is 0.184. The summed E-state index contributed by atoms with van der Waals surface area (Å²) in [6.45, 7) is 6.44. The Kier molecular flexibility index (Phi) is 3.24. The van der Waals surface area contributed by atoms with E-state index >= 15 is 0 Å². The third-order valence-electron chi connectivity index (χ3n) is 3.57. The minimum atomic E-state index is -0.673. The zero-order chi connectivity index (χ0) is 12.5. The van der Waals surface area contributed by atoms with Gasteiger partial charge in [-0.2, -0.15) is 0 Å². The lowest BCUT2D eigenvalue weighted by Crippen LogP contribution is -2.47. The number of furan rings is 1. The molecule has 0 aliphatic carbocycles. The van der Waals surface area contributed by atoms with Gasteiger partial charge in [0.25, 0.3) is 0 Å². The first-order valence-corrected chi connectivity index (χ1v) is 5.96. The molecule has 1 saturated heterocycles. The van der Waals surface area contributed by atoms with Gasteiger partial charge in [0.15, 0.2) is 0 Å². The zero-order valence-electron chi connectivity index (χ0n) is 10.3. The number of aliphatic carboxylic acids is 1. The Bertz CT molecular complexity index is 383. The predicted octanol–water partition coefficient (Wildman–Crippen LogP) is 2.21. The van der Waals surface area contributed by atoms with Gasteiger partial charge in [-0.25, -0.2) is 0 Å². The van der Waals surface area contributed by atoms with Crippen LogP contribution in [0.15, 0.2) is 22.8 Å². The van der Waals surface area contributed by atoms with Crippen LogP contribution in [-0.4, -0.2) is 29.1 Å². The van der Waals surface area contributed by atoms with E-state index in [2.05, 4.69) is 4.90 Å². The van der Waals surface area contributed by atoms with Crippen molar-refractivity contribution in [3.8, 4) is 0 Å². The van der Waals surface area contributed by atoms with Crippen LogP contribution in [0.3, 0.4) is 0 Å². The lowest BCUT2D eigenvalue weighted by Gasteiger charge is -2.42. The minimum Gasteiger partial charge on any atom is -0.481 e. The van der Waals surface area contributed by atoms with Crippen LogP contribution in [0, 0.1) is 11.3 Å². The molecule has 1 aliphatic rings. The number of rotatable bonds is 3. The van der Waals surface area contributed by atoms with Crippen molar-refractivity contribution >= 4 is 5.97 Å². The highest BCUT2D eigenvalue weighted by molar-refractivity contribution is 5.71. The smallest absolute Gasteiger partial charge is 0.307 e. The fourth-order valence-corrected chi connectivity index (χ4v) is 2.68. The van der Waals surface area contributed by atoms with Crippen LogP contribution in [0.25, 0.3) is 0 Å². The standard InChI is InChI=1S/C13H19NO3/c1-13(2)9-14(6-5-11(13)12(15)16)8-10-4-3-7-17-10/h3-4,7,11H,5-6,8-9H2,1-2H3,(H,15,16). The van der Waals surface area contributed by atoms with Crippen LogP contribution in [-0.2, 0) is 11.3 Å². The summed E-state index contributed by atoms with van der Waals surface area (Å²) >= 11 is 0. The summed E-state index contributed by atoms with van der Waals surface area (Å²) < 4.78 is 5.32. The number of hydrogen-bond donors (Lipinski definition) is 1. The quantitative estimate of drug-likeness (QED) is 0.875. The van der Waals surface area contributed by atoms with Gasteiger partial charge in [0, 0.05) is 6.54 Å². The molecule has 1 unspecified atom stereocenters. The monoisotopic (exact) mass is 237 g/mol. The van der Waals surface area contributed by atoms with Crippen molar-refractivity contribution in [2.75, 3.05) is 13.1 Å². The molecule has 0 radical (unpaired) electrons. The van der Waals surface area contributed by atoms with Crippen molar-refractivity contribution in [1.82, 2.24) is 4.90 Å². The second-order valence-corrected chi connectivity index (χ2v) is 5.46. The van der Waals surface area contributed by atoms with Gasteiger partial charge in [0.05, 0.1) is 18.7 Å². The highest BCUT2D eigenvalue weighted by Gasteiger charge is 2.40. The van der Waals surface area contributed by atoms with E-state index in [4.69, 9.17) is 4.42 Å². The maximum Gasteiger partial charge on any atom is 0.307 e. The molecule has 2 rings (SSSR count). The molecule has 4 heteroatoms. The van der Waals surface area contributed by atoms with E-state index in [9.17, 15) is 9.90 Å². The number of carboxylic acid groups (broad SMARTS) is 1. The highest BCUT2D eigenvalue weighted by atomic mass is 16.4. The predicted molar refractivity (Wildman–Crippen MR) is 63.5 cm³/mol. The Labute approximate surface area is 101 Å². The number of likely N-dealkylation sites (tertiary alicyclic amines) is 1. The maximum absolute atomic E-state index is 11.2. The summed E-state index contributed by atoms with van der Waals surface area (Å²) in [5.74, 6) is 0.0255. The van der Waals surface area contributed by atoms with E-state index in [0.717, 1.165) is 25.4 Å². The Morgan fingerprint density at radius 2 is 2.41 bits per heavy atom. The number of carbonyl (C=O) groups is 1. The van der Waals surface area contributed by atoms with Crippen molar-refractivity contribution in [3.63, 3.8) is 0 Å². The summed E-state index contributed by atoms with van der Waals surface area (Å²) in [5.41, 5.74) is -0.184. The Morgan fingerprint density at radius 1 is 1.65 bits per heavy atom. The lowest BCUT2D eigenvalue weighted by atomic mass is 9.74. The molecule has 0 spiro atoms. The Morgan fingerprint density at radius 3 is 2.94 bits per heavy atom. The van der Waals surface area contributed by atoms with Crippen LogP contribution in [0.5, 0.6) is 0 Å². The molecule has 2 heterocycles. The largest absolute Gasteiger partial charge is 0.481 e. The lowest BCUT2D eigenvalue weighted by molar-refractivity contribution is -0.149. The van der Waals surface area contributed by atoms with E-state index in [1.807, 2.05) is 26.0 Å². The number of carboxylic acids is 1. The second-order valence-electron chi connectivity index (χ2n) is 5.46. The number of hydrogen-bond acceptors (Lipinski definition) is 3. The molecule has 94 valence electrons. The molecule has 1 fully saturated rings. The first kappa shape index (κ1) is 12.2. The second kappa shape index (κ2) is 4.53. The van der Waals surface area contributed by atoms with Gasteiger partial charge in [-0.05, 0) is 30.5 Å². The highest BCUT2D eigenvalue weighted by Crippen LogP contribution is 2.35. The molecule has 1 aliphatic heterocycles. The number of piperidine rings is 1.